The zero-order valence-corrected chi connectivity index (χ0v) is 14.7. The van der Waals surface area contributed by atoms with Gasteiger partial charge >= 0.3 is 0 Å². The molecule has 0 aliphatic rings. The summed E-state index contributed by atoms with van der Waals surface area (Å²) in [4.78, 5) is 12.1. The minimum Gasteiger partial charge on any atom is -0.497 e. The normalized spacial score (nSPS) is 10.5. The van der Waals surface area contributed by atoms with Crippen molar-refractivity contribution in [3.8, 4) is 17.2 Å². The van der Waals surface area contributed by atoms with Gasteiger partial charge in [0.25, 0.3) is 0 Å². The number of nitrogens with one attached hydrogen (secondary N) is 1. The van der Waals surface area contributed by atoms with Crippen LogP contribution >= 0.6 is 0 Å². The van der Waals surface area contributed by atoms with Gasteiger partial charge in [0.05, 0.1) is 20.3 Å². The summed E-state index contributed by atoms with van der Waals surface area (Å²) >= 11 is 0. The van der Waals surface area contributed by atoms with Crippen molar-refractivity contribution in [2.75, 3.05) is 25.6 Å². The number of carbonyl (C=O) groups is 1. The van der Waals surface area contributed by atoms with E-state index in [0.717, 1.165) is 5.56 Å². The highest BCUT2D eigenvalue weighted by molar-refractivity contribution is 6.02. The summed E-state index contributed by atoms with van der Waals surface area (Å²) in [5.74, 6) is 1.83. The van der Waals surface area contributed by atoms with Crippen LogP contribution in [-0.4, -0.2) is 26.2 Å². The van der Waals surface area contributed by atoms with E-state index in [1.165, 1.54) is 6.08 Å². The Morgan fingerprint density at radius 1 is 1.04 bits per heavy atom. The molecule has 1 amide bonds. The van der Waals surface area contributed by atoms with Gasteiger partial charge in [0.15, 0.2) is 11.5 Å². The Bertz CT molecular complexity index is 740. The molecule has 2 aromatic rings. The Labute approximate surface area is 148 Å². The van der Waals surface area contributed by atoms with Gasteiger partial charge in [-0.3, -0.25) is 4.79 Å². The molecule has 0 aliphatic heterocycles. The molecule has 0 fully saturated rings. The van der Waals surface area contributed by atoms with Crippen LogP contribution in [0.1, 0.15) is 19.4 Å². The molecule has 0 heterocycles. The van der Waals surface area contributed by atoms with E-state index in [9.17, 15) is 4.79 Å². The molecule has 0 atom stereocenters. The smallest absolute Gasteiger partial charge is 0.248 e. The van der Waals surface area contributed by atoms with Crippen molar-refractivity contribution < 1.29 is 19.0 Å². The maximum absolute atomic E-state index is 12.1. The van der Waals surface area contributed by atoms with Gasteiger partial charge in [0, 0.05) is 17.8 Å². The number of benzene rings is 2. The first-order valence-corrected chi connectivity index (χ1v) is 8.19. The molecule has 0 aromatic heterocycles. The lowest BCUT2D eigenvalue weighted by atomic mass is 10.2. The second-order valence-electron chi connectivity index (χ2n) is 5.13. The molecular weight excluding hydrogens is 318 g/mol. The minimum absolute atomic E-state index is 0.222. The number of anilines is 1. The van der Waals surface area contributed by atoms with Crippen LogP contribution < -0.4 is 19.5 Å². The van der Waals surface area contributed by atoms with Gasteiger partial charge in [0.2, 0.25) is 5.91 Å². The van der Waals surface area contributed by atoms with Gasteiger partial charge < -0.3 is 19.5 Å². The topological polar surface area (TPSA) is 56.8 Å². The SMILES string of the molecule is CCOc1ccc(/C=C/C(=O)Nc2cccc(OC)c2)cc1OCC. The summed E-state index contributed by atoms with van der Waals surface area (Å²) in [6.07, 6.45) is 3.21. The molecule has 2 aromatic carbocycles. The number of ether oxygens (including phenoxy) is 3. The number of hydrogen-bond donors (Lipinski definition) is 1. The van der Waals surface area contributed by atoms with Crippen molar-refractivity contribution in [2.45, 2.75) is 13.8 Å². The van der Waals surface area contributed by atoms with E-state index in [0.29, 0.717) is 36.1 Å². The highest BCUT2D eigenvalue weighted by Crippen LogP contribution is 2.29. The van der Waals surface area contributed by atoms with E-state index in [1.807, 2.05) is 44.2 Å². The van der Waals surface area contributed by atoms with Crippen LogP contribution in [0.4, 0.5) is 5.69 Å². The third-order valence-corrected chi connectivity index (χ3v) is 3.33. The summed E-state index contributed by atoms with van der Waals surface area (Å²) < 4.78 is 16.3. The zero-order valence-electron chi connectivity index (χ0n) is 14.7. The summed E-state index contributed by atoms with van der Waals surface area (Å²) in [5, 5.41) is 2.80. The number of carbonyl (C=O) groups excluding carboxylic acids is 1. The van der Waals surface area contributed by atoms with E-state index in [4.69, 9.17) is 14.2 Å². The lowest BCUT2D eigenvalue weighted by molar-refractivity contribution is -0.111. The van der Waals surface area contributed by atoms with Crippen molar-refractivity contribution in [1.29, 1.82) is 0 Å². The number of hydrogen-bond acceptors (Lipinski definition) is 4. The predicted molar refractivity (Wildman–Crippen MR) is 99.4 cm³/mol. The minimum atomic E-state index is -0.222. The molecule has 2 rings (SSSR count). The van der Waals surface area contributed by atoms with Crippen molar-refractivity contribution in [3.63, 3.8) is 0 Å². The molecule has 25 heavy (non-hydrogen) atoms. The fourth-order valence-corrected chi connectivity index (χ4v) is 2.23. The van der Waals surface area contributed by atoms with Crippen LogP contribution in [0.15, 0.2) is 48.5 Å². The second-order valence-corrected chi connectivity index (χ2v) is 5.13. The van der Waals surface area contributed by atoms with Crippen LogP contribution in [0.5, 0.6) is 17.2 Å². The van der Waals surface area contributed by atoms with Crippen LogP contribution in [0.3, 0.4) is 0 Å². The van der Waals surface area contributed by atoms with Gasteiger partial charge in [-0.05, 0) is 49.8 Å². The summed E-state index contributed by atoms with van der Waals surface area (Å²) in [6.45, 7) is 4.95. The fourth-order valence-electron chi connectivity index (χ4n) is 2.23. The van der Waals surface area contributed by atoms with E-state index < -0.39 is 0 Å². The maximum Gasteiger partial charge on any atom is 0.248 e. The summed E-state index contributed by atoms with van der Waals surface area (Å²) in [6, 6.07) is 12.8. The molecule has 5 heteroatoms. The highest BCUT2D eigenvalue weighted by Gasteiger charge is 2.05. The van der Waals surface area contributed by atoms with Crippen LogP contribution in [-0.2, 0) is 4.79 Å². The molecule has 0 unspecified atom stereocenters. The Morgan fingerprint density at radius 3 is 2.52 bits per heavy atom. The molecule has 0 radical (unpaired) electrons. The number of methoxy groups -OCH3 is 1. The molecule has 0 spiro atoms. The third kappa shape index (κ3) is 5.57. The largest absolute Gasteiger partial charge is 0.497 e. The Hall–Kier alpha value is -2.95. The van der Waals surface area contributed by atoms with Gasteiger partial charge in [0.1, 0.15) is 5.75 Å². The summed E-state index contributed by atoms with van der Waals surface area (Å²) in [7, 11) is 1.59. The van der Waals surface area contributed by atoms with Gasteiger partial charge in [-0.15, -0.1) is 0 Å². The van der Waals surface area contributed by atoms with Crippen LogP contribution in [0.2, 0.25) is 0 Å². The quantitative estimate of drug-likeness (QED) is 0.733. The standard InChI is InChI=1S/C20H23NO4/c1-4-24-18-11-9-15(13-19(18)25-5-2)10-12-20(22)21-16-7-6-8-17(14-16)23-3/h6-14H,4-5H2,1-3H3,(H,21,22)/b12-10+. The molecule has 0 bridgehead atoms. The average Bonchev–Trinajstić information content (AvgIpc) is 2.62. The van der Waals surface area contributed by atoms with Crippen LogP contribution in [0, 0.1) is 0 Å². The van der Waals surface area contributed by atoms with Gasteiger partial charge in [-0.2, -0.15) is 0 Å². The predicted octanol–water partition coefficient (Wildman–Crippen LogP) is 4.14. The average molecular weight is 341 g/mol. The second kappa shape index (κ2) is 9.37. The van der Waals surface area contributed by atoms with E-state index in [-0.39, 0.29) is 5.91 Å². The van der Waals surface area contributed by atoms with Crippen molar-refractivity contribution in [3.05, 3.63) is 54.1 Å². The number of rotatable bonds is 8. The molecule has 0 saturated carbocycles. The van der Waals surface area contributed by atoms with E-state index >= 15 is 0 Å². The van der Waals surface area contributed by atoms with Gasteiger partial charge in [-0.25, -0.2) is 0 Å². The first-order valence-electron chi connectivity index (χ1n) is 8.19. The number of amides is 1. The van der Waals surface area contributed by atoms with Gasteiger partial charge in [-0.1, -0.05) is 12.1 Å². The lowest BCUT2D eigenvalue weighted by Gasteiger charge is -2.11. The third-order valence-electron chi connectivity index (χ3n) is 3.33. The van der Waals surface area contributed by atoms with E-state index in [1.54, 1.807) is 25.3 Å². The molecule has 1 N–H and O–H groups in total. The van der Waals surface area contributed by atoms with Crippen molar-refractivity contribution in [2.24, 2.45) is 0 Å². The lowest BCUT2D eigenvalue weighted by Crippen LogP contribution is -2.07. The van der Waals surface area contributed by atoms with E-state index in [2.05, 4.69) is 5.32 Å². The molecular formula is C20H23NO4. The first-order chi connectivity index (χ1) is 12.2. The monoisotopic (exact) mass is 341 g/mol. The first kappa shape index (κ1) is 18.4. The summed E-state index contributed by atoms with van der Waals surface area (Å²) in [5.41, 5.74) is 1.53. The Balaban J connectivity index is 2.06. The molecule has 0 aliphatic carbocycles. The fraction of sp³-hybridized carbons (Fsp3) is 0.250. The Kier molecular flexibility index (Phi) is 6.89. The molecule has 132 valence electrons. The Morgan fingerprint density at radius 2 is 1.80 bits per heavy atom. The highest BCUT2D eigenvalue weighted by atomic mass is 16.5. The van der Waals surface area contributed by atoms with Crippen molar-refractivity contribution in [1.82, 2.24) is 0 Å². The molecule has 0 saturated heterocycles. The van der Waals surface area contributed by atoms with Crippen LogP contribution in [0.25, 0.3) is 6.08 Å². The zero-order chi connectivity index (χ0) is 18.1. The maximum atomic E-state index is 12.1. The molecule has 5 nitrogen and oxygen atoms in total. The van der Waals surface area contributed by atoms with Crippen molar-refractivity contribution >= 4 is 17.7 Å².